The molecule has 0 spiro atoms. The average molecular weight is 369 g/mol. The number of carbonyl (C=O) groups excluding carboxylic acids is 1. The number of nitrogens with one attached hydrogen (secondary N) is 1. The summed E-state index contributed by atoms with van der Waals surface area (Å²) in [7, 11) is 0. The number of oxazole rings is 1. The van der Waals surface area contributed by atoms with Gasteiger partial charge in [0.2, 0.25) is 5.89 Å². The molecule has 0 radical (unpaired) electrons. The van der Waals surface area contributed by atoms with Gasteiger partial charge in [0, 0.05) is 6.20 Å². The van der Waals surface area contributed by atoms with E-state index in [1.165, 1.54) is 12.3 Å². The summed E-state index contributed by atoms with van der Waals surface area (Å²) in [6.07, 6.45) is 3.20. The Bertz CT molecular complexity index is 986. The van der Waals surface area contributed by atoms with Gasteiger partial charge in [-0.25, -0.2) is 9.37 Å². The van der Waals surface area contributed by atoms with Gasteiger partial charge in [0.15, 0.2) is 11.5 Å². The SMILES string of the molecule is Cc1ccccc1C(CC(=O)O)NC(=O)c1coc(-c2ccncc2F)n1. The Labute approximate surface area is 153 Å². The van der Waals surface area contributed by atoms with Gasteiger partial charge in [-0.05, 0) is 24.1 Å². The minimum Gasteiger partial charge on any atom is -0.481 e. The number of aryl methyl sites for hydroxylation is 1. The van der Waals surface area contributed by atoms with Gasteiger partial charge in [0.1, 0.15) is 6.26 Å². The van der Waals surface area contributed by atoms with Gasteiger partial charge in [-0.1, -0.05) is 24.3 Å². The summed E-state index contributed by atoms with van der Waals surface area (Å²) in [6, 6.07) is 7.81. The highest BCUT2D eigenvalue weighted by Gasteiger charge is 2.23. The van der Waals surface area contributed by atoms with Crippen molar-refractivity contribution >= 4 is 11.9 Å². The number of pyridine rings is 1. The second-order valence-electron chi connectivity index (χ2n) is 5.87. The average Bonchev–Trinajstić information content (AvgIpc) is 3.11. The number of nitrogens with zero attached hydrogens (tertiary/aromatic N) is 2. The van der Waals surface area contributed by atoms with Crippen LogP contribution in [-0.2, 0) is 4.79 Å². The van der Waals surface area contributed by atoms with Crippen LogP contribution in [0.2, 0.25) is 0 Å². The Hall–Kier alpha value is -3.55. The van der Waals surface area contributed by atoms with E-state index in [9.17, 15) is 14.0 Å². The number of benzene rings is 1. The molecule has 0 fully saturated rings. The number of rotatable bonds is 6. The van der Waals surface area contributed by atoms with Crippen molar-refractivity contribution < 1.29 is 23.5 Å². The van der Waals surface area contributed by atoms with E-state index in [4.69, 9.17) is 9.52 Å². The van der Waals surface area contributed by atoms with Gasteiger partial charge in [-0.3, -0.25) is 14.6 Å². The molecule has 0 saturated carbocycles. The summed E-state index contributed by atoms with van der Waals surface area (Å²) in [5, 5.41) is 11.8. The van der Waals surface area contributed by atoms with Crippen molar-refractivity contribution in [1.82, 2.24) is 15.3 Å². The monoisotopic (exact) mass is 369 g/mol. The molecule has 0 aliphatic carbocycles. The number of aromatic nitrogens is 2. The van der Waals surface area contributed by atoms with Crippen LogP contribution in [0.4, 0.5) is 4.39 Å². The van der Waals surface area contributed by atoms with E-state index >= 15 is 0 Å². The number of carbonyl (C=O) groups is 2. The quantitative estimate of drug-likeness (QED) is 0.692. The number of hydrogen-bond acceptors (Lipinski definition) is 5. The summed E-state index contributed by atoms with van der Waals surface area (Å²) in [5.41, 5.74) is 1.54. The van der Waals surface area contributed by atoms with Crippen molar-refractivity contribution in [1.29, 1.82) is 0 Å². The maximum Gasteiger partial charge on any atom is 0.305 e. The number of aliphatic carboxylic acids is 1. The topological polar surface area (TPSA) is 105 Å². The van der Waals surface area contributed by atoms with Crippen molar-refractivity contribution in [2.45, 2.75) is 19.4 Å². The molecule has 0 saturated heterocycles. The molecule has 8 heteroatoms. The Morgan fingerprint density at radius 3 is 2.78 bits per heavy atom. The first-order valence-electron chi connectivity index (χ1n) is 8.09. The summed E-state index contributed by atoms with van der Waals surface area (Å²) < 4.78 is 19.0. The smallest absolute Gasteiger partial charge is 0.305 e. The lowest BCUT2D eigenvalue weighted by Gasteiger charge is -2.18. The molecule has 3 rings (SSSR count). The maximum absolute atomic E-state index is 13.8. The van der Waals surface area contributed by atoms with Gasteiger partial charge in [-0.15, -0.1) is 0 Å². The predicted molar refractivity (Wildman–Crippen MR) is 93.3 cm³/mol. The molecule has 1 atom stereocenters. The Morgan fingerprint density at radius 2 is 2.07 bits per heavy atom. The van der Waals surface area contributed by atoms with E-state index in [0.717, 1.165) is 18.0 Å². The van der Waals surface area contributed by atoms with Crippen molar-refractivity contribution in [3.05, 3.63) is 71.6 Å². The molecular formula is C19H16FN3O4. The van der Waals surface area contributed by atoms with Gasteiger partial charge < -0.3 is 14.8 Å². The molecule has 1 aromatic carbocycles. The van der Waals surface area contributed by atoms with Crippen LogP contribution in [0.15, 0.2) is 53.4 Å². The summed E-state index contributed by atoms with van der Waals surface area (Å²) in [4.78, 5) is 31.4. The normalized spacial score (nSPS) is 11.8. The van der Waals surface area contributed by atoms with Crippen molar-refractivity contribution in [3.8, 4) is 11.5 Å². The predicted octanol–water partition coefficient (Wildman–Crippen LogP) is 3.13. The number of halogens is 1. The molecule has 1 unspecified atom stereocenters. The molecule has 7 nitrogen and oxygen atoms in total. The molecule has 1 amide bonds. The lowest BCUT2D eigenvalue weighted by Crippen LogP contribution is -2.30. The number of carboxylic acids is 1. The second kappa shape index (κ2) is 7.77. The second-order valence-corrected chi connectivity index (χ2v) is 5.87. The summed E-state index contributed by atoms with van der Waals surface area (Å²) in [5.74, 6) is -2.36. The van der Waals surface area contributed by atoms with E-state index < -0.39 is 23.7 Å². The van der Waals surface area contributed by atoms with E-state index in [2.05, 4.69) is 15.3 Å². The third kappa shape index (κ3) is 4.17. The maximum atomic E-state index is 13.8. The first kappa shape index (κ1) is 18.2. The fraction of sp³-hybridized carbons (Fsp3) is 0.158. The van der Waals surface area contributed by atoms with E-state index in [-0.39, 0.29) is 23.6 Å². The number of amides is 1. The highest BCUT2D eigenvalue weighted by atomic mass is 19.1. The molecule has 0 aliphatic rings. The van der Waals surface area contributed by atoms with Crippen LogP contribution < -0.4 is 5.32 Å². The molecule has 2 heterocycles. The molecule has 2 aromatic heterocycles. The molecule has 138 valence electrons. The zero-order valence-corrected chi connectivity index (χ0v) is 14.3. The minimum absolute atomic E-state index is 0.0641. The van der Waals surface area contributed by atoms with Crippen LogP contribution in [0.3, 0.4) is 0 Å². The van der Waals surface area contributed by atoms with Crippen molar-refractivity contribution in [2.24, 2.45) is 0 Å². The number of carboxylic acid groups (broad SMARTS) is 1. The zero-order chi connectivity index (χ0) is 19.4. The van der Waals surface area contributed by atoms with Gasteiger partial charge in [0.05, 0.1) is 24.2 Å². The Morgan fingerprint density at radius 1 is 1.30 bits per heavy atom. The van der Waals surface area contributed by atoms with Gasteiger partial charge in [0.25, 0.3) is 5.91 Å². The van der Waals surface area contributed by atoms with Crippen LogP contribution in [0.5, 0.6) is 0 Å². The Balaban J connectivity index is 1.83. The van der Waals surface area contributed by atoms with E-state index in [0.29, 0.717) is 5.56 Å². The lowest BCUT2D eigenvalue weighted by molar-refractivity contribution is -0.137. The largest absolute Gasteiger partial charge is 0.481 e. The van der Waals surface area contributed by atoms with Crippen LogP contribution in [0, 0.1) is 12.7 Å². The number of hydrogen-bond donors (Lipinski definition) is 2. The zero-order valence-electron chi connectivity index (χ0n) is 14.3. The molecule has 2 N–H and O–H groups in total. The summed E-state index contributed by atoms with van der Waals surface area (Å²) >= 11 is 0. The van der Waals surface area contributed by atoms with Crippen LogP contribution in [0.25, 0.3) is 11.5 Å². The fourth-order valence-electron chi connectivity index (χ4n) is 2.67. The fourth-order valence-corrected chi connectivity index (χ4v) is 2.67. The van der Waals surface area contributed by atoms with Crippen molar-refractivity contribution in [2.75, 3.05) is 0 Å². The molecular weight excluding hydrogens is 353 g/mol. The minimum atomic E-state index is -1.05. The summed E-state index contributed by atoms with van der Waals surface area (Å²) in [6.45, 7) is 1.83. The van der Waals surface area contributed by atoms with Gasteiger partial charge in [-0.2, -0.15) is 0 Å². The third-order valence-electron chi connectivity index (χ3n) is 3.99. The van der Waals surface area contributed by atoms with Crippen LogP contribution in [-0.4, -0.2) is 27.0 Å². The Kier molecular flexibility index (Phi) is 5.25. The molecule has 27 heavy (non-hydrogen) atoms. The van der Waals surface area contributed by atoms with E-state index in [1.54, 1.807) is 12.1 Å². The van der Waals surface area contributed by atoms with Crippen LogP contribution >= 0.6 is 0 Å². The molecule has 0 bridgehead atoms. The van der Waals surface area contributed by atoms with Crippen molar-refractivity contribution in [3.63, 3.8) is 0 Å². The lowest BCUT2D eigenvalue weighted by atomic mass is 9.98. The first-order chi connectivity index (χ1) is 13.0. The first-order valence-corrected chi connectivity index (χ1v) is 8.09. The highest BCUT2D eigenvalue weighted by Crippen LogP contribution is 2.23. The molecule has 0 aliphatic heterocycles. The molecule has 3 aromatic rings. The van der Waals surface area contributed by atoms with Gasteiger partial charge >= 0.3 is 5.97 Å². The van der Waals surface area contributed by atoms with E-state index in [1.807, 2.05) is 19.1 Å². The highest BCUT2D eigenvalue weighted by molar-refractivity contribution is 5.93. The van der Waals surface area contributed by atoms with Crippen LogP contribution in [0.1, 0.15) is 34.1 Å². The third-order valence-corrected chi connectivity index (χ3v) is 3.99. The standard InChI is InChI=1S/C19H16FN3O4/c1-11-4-2-3-5-12(11)15(8-17(24)25)22-18(26)16-10-27-19(23-16)13-6-7-21-9-14(13)20/h2-7,9-10,15H,8H2,1H3,(H,22,26)(H,24,25).